The lowest BCUT2D eigenvalue weighted by atomic mass is 9.90. The smallest absolute Gasteiger partial charge is 0.244 e. The topological polar surface area (TPSA) is 71.1 Å². The number of anilines is 1. The van der Waals surface area contributed by atoms with Gasteiger partial charge in [0.05, 0.1) is 18.9 Å². The zero-order valence-electron chi connectivity index (χ0n) is 20.7. The third-order valence-electron chi connectivity index (χ3n) is 6.83. The van der Waals surface area contributed by atoms with Crippen molar-refractivity contribution < 1.29 is 22.3 Å². The van der Waals surface area contributed by atoms with Crippen molar-refractivity contribution in [1.29, 1.82) is 0 Å². The number of nitrogens with one attached hydrogen (secondary N) is 1. The van der Waals surface area contributed by atoms with Gasteiger partial charge in [-0.3, -0.25) is 4.90 Å². The molecule has 2 fully saturated rings. The van der Waals surface area contributed by atoms with Gasteiger partial charge in [-0.2, -0.15) is 0 Å². The largest absolute Gasteiger partial charge is 0.495 e. The Bertz CT molecular complexity index is 1100. The fourth-order valence-electron chi connectivity index (χ4n) is 5.10. The zero-order valence-corrected chi connectivity index (χ0v) is 21.6. The van der Waals surface area contributed by atoms with Crippen LogP contribution in [0.3, 0.4) is 0 Å². The van der Waals surface area contributed by atoms with Crippen molar-refractivity contribution in [3.05, 3.63) is 48.3 Å². The Morgan fingerprint density at radius 2 is 1.66 bits per heavy atom. The number of rotatable bonds is 8. The van der Waals surface area contributed by atoms with E-state index in [1.54, 1.807) is 0 Å². The lowest BCUT2D eigenvalue weighted by Gasteiger charge is -2.43. The van der Waals surface area contributed by atoms with Crippen molar-refractivity contribution in [3.8, 4) is 11.5 Å². The normalized spacial score (nSPS) is 21.8. The summed E-state index contributed by atoms with van der Waals surface area (Å²) in [5.41, 5.74) is 1.15. The summed E-state index contributed by atoms with van der Waals surface area (Å²) >= 11 is 0. The second-order valence-corrected chi connectivity index (χ2v) is 11.3. The molecule has 0 aromatic heterocycles. The molecule has 9 heteroatoms. The molecule has 0 bridgehead atoms. The van der Waals surface area contributed by atoms with Gasteiger partial charge < -0.3 is 14.4 Å². The summed E-state index contributed by atoms with van der Waals surface area (Å²) in [6.07, 6.45) is 3.51. The van der Waals surface area contributed by atoms with Crippen LogP contribution >= 0.6 is 0 Å². The molecule has 1 aliphatic heterocycles. The van der Waals surface area contributed by atoms with Crippen LogP contribution in [0.1, 0.15) is 39.5 Å². The van der Waals surface area contributed by atoms with Crippen molar-refractivity contribution in [2.45, 2.75) is 62.6 Å². The van der Waals surface area contributed by atoms with E-state index < -0.39 is 15.8 Å². The highest BCUT2D eigenvalue weighted by molar-refractivity contribution is 7.89. The van der Waals surface area contributed by atoms with Gasteiger partial charge in [0.15, 0.2) is 0 Å². The molecule has 0 spiro atoms. The summed E-state index contributed by atoms with van der Waals surface area (Å²) in [7, 11) is -2.48. The number of benzene rings is 2. The fraction of sp³-hybridized carbons (Fsp3) is 0.538. The number of para-hydroxylation sites is 2. The monoisotopic (exact) mass is 505 g/mol. The first-order chi connectivity index (χ1) is 16.8. The molecule has 35 heavy (non-hydrogen) atoms. The maximum Gasteiger partial charge on any atom is 0.244 e. The summed E-state index contributed by atoms with van der Waals surface area (Å²) in [4.78, 5) is 4.77. The molecule has 0 amide bonds. The Kier molecular flexibility index (Phi) is 8.19. The van der Waals surface area contributed by atoms with E-state index in [4.69, 9.17) is 9.47 Å². The molecule has 1 saturated carbocycles. The van der Waals surface area contributed by atoms with Crippen LogP contribution in [-0.2, 0) is 10.0 Å². The van der Waals surface area contributed by atoms with Gasteiger partial charge in [-0.1, -0.05) is 12.1 Å². The first-order valence-electron chi connectivity index (χ1n) is 12.4. The van der Waals surface area contributed by atoms with Crippen LogP contribution in [0.5, 0.6) is 11.5 Å². The minimum absolute atomic E-state index is 0.132. The maximum absolute atomic E-state index is 13.7. The predicted molar refractivity (Wildman–Crippen MR) is 135 cm³/mol. The molecule has 1 aliphatic carbocycles. The average molecular weight is 506 g/mol. The number of hydrogen-bond donors (Lipinski definition) is 1. The highest BCUT2D eigenvalue weighted by Gasteiger charge is 2.31. The Morgan fingerprint density at radius 3 is 2.31 bits per heavy atom. The van der Waals surface area contributed by atoms with E-state index in [0.29, 0.717) is 6.04 Å². The second-order valence-electron chi connectivity index (χ2n) is 9.58. The summed E-state index contributed by atoms with van der Waals surface area (Å²) < 4.78 is 53.4. The van der Waals surface area contributed by atoms with E-state index in [1.165, 1.54) is 19.2 Å². The van der Waals surface area contributed by atoms with Crippen LogP contribution in [0, 0.1) is 5.82 Å². The standard InChI is InChI=1S/C26H36FN3O4S/c1-19(2)34-24-7-5-4-6-23(24)30-16-14-29(15-17-30)22-11-9-21(10-12-22)28-35(31,32)26-18-20(27)8-13-25(26)33-3/h4-8,13,18-19,21-22,28H,9-12,14-17H2,1-3H3. The van der Waals surface area contributed by atoms with Crippen LogP contribution in [0.4, 0.5) is 10.1 Å². The Balaban J connectivity index is 1.30. The molecule has 2 aliphatic rings. The summed E-state index contributed by atoms with van der Waals surface area (Å²) in [5.74, 6) is 0.469. The van der Waals surface area contributed by atoms with E-state index in [9.17, 15) is 12.8 Å². The number of nitrogens with zero attached hydrogens (tertiary/aromatic N) is 2. The van der Waals surface area contributed by atoms with Crippen molar-refractivity contribution in [2.24, 2.45) is 0 Å². The van der Waals surface area contributed by atoms with E-state index >= 15 is 0 Å². The van der Waals surface area contributed by atoms with Crippen molar-refractivity contribution >= 4 is 15.7 Å². The van der Waals surface area contributed by atoms with Gasteiger partial charge >= 0.3 is 0 Å². The maximum atomic E-state index is 13.7. The van der Waals surface area contributed by atoms with Crippen LogP contribution in [-0.4, -0.2) is 64.8 Å². The summed E-state index contributed by atoms with van der Waals surface area (Å²) in [5, 5.41) is 0. The van der Waals surface area contributed by atoms with Gasteiger partial charge in [-0.15, -0.1) is 0 Å². The summed E-state index contributed by atoms with van der Waals surface area (Å²) in [6.45, 7) is 7.89. The van der Waals surface area contributed by atoms with Gasteiger partial charge in [-0.25, -0.2) is 17.5 Å². The molecular weight excluding hydrogens is 469 g/mol. The molecule has 7 nitrogen and oxygen atoms in total. The number of halogens is 1. The number of methoxy groups -OCH3 is 1. The zero-order chi connectivity index (χ0) is 25.0. The molecule has 2 aromatic carbocycles. The highest BCUT2D eigenvalue weighted by Crippen LogP contribution is 2.32. The second kappa shape index (κ2) is 11.1. The van der Waals surface area contributed by atoms with Crippen LogP contribution < -0.4 is 19.1 Å². The highest BCUT2D eigenvalue weighted by atomic mass is 32.2. The van der Waals surface area contributed by atoms with Gasteiger partial charge in [0, 0.05) is 38.3 Å². The van der Waals surface area contributed by atoms with Gasteiger partial charge in [0.2, 0.25) is 10.0 Å². The number of piperazine rings is 1. The molecule has 0 unspecified atom stereocenters. The average Bonchev–Trinajstić information content (AvgIpc) is 2.84. The van der Waals surface area contributed by atoms with E-state index in [2.05, 4.69) is 26.7 Å². The third-order valence-corrected chi connectivity index (χ3v) is 8.37. The molecular formula is C26H36FN3O4S. The lowest BCUT2D eigenvalue weighted by Crippen LogP contribution is -2.52. The van der Waals surface area contributed by atoms with Gasteiger partial charge in [0.25, 0.3) is 0 Å². The van der Waals surface area contributed by atoms with Crippen molar-refractivity contribution in [1.82, 2.24) is 9.62 Å². The number of ether oxygens (including phenoxy) is 2. The Morgan fingerprint density at radius 1 is 0.971 bits per heavy atom. The van der Waals surface area contributed by atoms with Gasteiger partial charge in [-0.05, 0) is 69.9 Å². The molecule has 1 saturated heterocycles. The minimum atomic E-state index is -3.87. The van der Waals surface area contributed by atoms with E-state index in [1.807, 2.05) is 26.0 Å². The van der Waals surface area contributed by atoms with E-state index in [-0.39, 0.29) is 22.8 Å². The quantitative estimate of drug-likeness (QED) is 0.584. The van der Waals surface area contributed by atoms with Crippen molar-refractivity contribution in [3.63, 3.8) is 0 Å². The summed E-state index contributed by atoms with van der Waals surface area (Å²) in [6, 6.07) is 12.0. The van der Waals surface area contributed by atoms with Crippen LogP contribution in [0.25, 0.3) is 0 Å². The van der Waals surface area contributed by atoms with Crippen molar-refractivity contribution in [2.75, 3.05) is 38.2 Å². The fourth-order valence-corrected chi connectivity index (χ4v) is 6.59. The van der Waals surface area contributed by atoms with E-state index in [0.717, 1.165) is 69.4 Å². The molecule has 4 rings (SSSR count). The molecule has 0 radical (unpaired) electrons. The molecule has 0 atom stereocenters. The first-order valence-corrected chi connectivity index (χ1v) is 13.9. The van der Waals surface area contributed by atoms with Crippen LogP contribution in [0.15, 0.2) is 47.4 Å². The SMILES string of the molecule is COc1ccc(F)cc1S(=O)(=O)NC1CCC(N2CCN(c3ccccc3OC(C)C)CC2)CC1. The van der Waals surface area contributed by atoms with Crippen LogP contribution in [0.2, 0.25) is 0 Å². The van der Waals surface area contributed by atoms with Gasteiger partial charge in [0.1, 0.15) is 22.2 Å². The molecule has 1 heterocycles. The molecule has 192 valence electrons. The predicted octanol–water partition coefficient (Wildman–Crippen LogP) is 4.03. The Labute approximate surface area is 208 Å². The molecule has 2 aromatic rings. The minimum Gasteiger partial charge on any atom is -0.495 e. The number of sulfonamides is 1. The number of hydrogen-bond acceptors (Lipinski definition) is 6. The Hall–Kier alpha value is -2.36. The molecule has 1 N–H and O–H groups in total. The first kappa shape index (κ1) is 25.7. The third kappa shape index (κ3) is 6.26. The lowest BCUT2D eigenvalue weighted by molar-refractivity contribution is 0.139.